The number of piperazine rings is 1. The molecule has 2 fully saturated rings. The summed E-state index contributed by atoms with van der Waals surface area (Å²) in [6, 6.07) is 1.94. The van der Waals surface area contributed by atoms with E-state index in [2.05, 4.69) is 10.1 Å². The largest absolute Gasteiger partial charge is 0.360 e. The maximum atomic E-state index is 12.2. The zero-order valence-corrected chi connectivity index (χ0v) is 13.5. The molecule has 0 unspecified atom stereocenters. The molecule has 2 amide bonds. The van der Waals surface area contributed by atoms with E-state index >= 15 is 0 Å². The molecule has 0 aromatic carbocycles. The number of carbonyl (C=O) groups excluding carboxylic acids is 2. The van der Waals surface area contributed by atoms with Crippen LogP contribution >= 0.6 is 11.8 Å². The van der Waals surface area contributed by atoms with E-state index in [0.29, 0.717) is 24.7 Å². The molecule has 0 radical (unpaired) electrons. The molecule has 3 heterocycles. The van der Waals surface area contributed by atoms with Crippen LogP contribution in [0.25, 0.3) is 0 Å². The van der Waals surface area contributed by atoms with Gasteiger partial charge in [-0.05, 0) is 6.92 Å². The Morgan fingerprint density at radius 1 is 1.36 bits per heavy atom. The van der Waals surface area contributed by atoms with E-state index in [1.54, 1.807) is 16.7 Å². The van der Waals surface area contributed by atoms with Crippen molar-refractivity contribution >= 4 is 23.6 Å². The van der Waals surface area contributed by atoms with E-state index in [-0.39, 0.29) is 18.4 Å². The highest BCUT2D eigenvalue weighted by molar-refractivity contribution is 8.00. The lowest BCUT2D eigenvalue weighted by molar-refractivity contribution is -0.139. The van der Waals surface area contributed by atoms with Crippen LogP contribution in [-0.2, 0) is 16.1 Å². The van der Waals surface area contributed by atoms with Gasteiger partial charge in [0.2, 0.25) is 11.8 Å². The first kappa shape index (κ1) is 15.4. The van der Waals surface area contributed by atoms with Crippen molar-refractivity contribution < 1.29 is 14.1 Å². The van der Waals surface area contributed by atoms with E-state index in [0.717, 1.165) is 31.1 Å². The second kappa shape index (κ2) is 6.70. The molecule has 0 bridgehead atoms. The van der Waals surface area contributed by atoms with Gasteiger partial charge in [0, 0.05) is 32.2 Å². The quantitative estimate of drug-likeness (QED) is 0.786. The summed E-state index contributed by atoms with van der Waals surface area (Å²) in [5.41, 5.74) is 0.886. The third-order valence-corrected chi connectivity index (χ3v) is 4.88. The van der Waals surface area contributed by atoms with Crippen LogP contribution < -0.4 is 0 Å². The Bertz CT molecular complexity index is 554. The summed E-state index contributed by atoms with van der Waals surface area (Å²) in [4.78, 5) is 29.5. The topological polar surface area (TPSA) is 69.9 Å². The number of nitrogens with zero attached hydrogens (tertiary/aromatic N) is 4. The molecule has 1 aromatic rings. The van der Waals surface area contributed by atoms with Crippen LogP contribution in [0.1, 0.15) is 11.5 Å². The summed E-state index contributed by atoms with van der Waals surface area (Å²) >= 11 is 1.56. The van der Waals surface area contributed by atoms with Crippen molar-refractivity contribution in [3.63, 3.8) is 0 Å². The Hall–Kier alpha value is -1.54. The third kappa shape index (κ3) is 3.61. The van der Waals surface area contributed by atoms with Crippen LogP contribution in [0, 0.1) is 6.92 Å². The van der Waals surface area contributed by atoms with E-state index in [1.165, 1.54) is 0 Å². The van der Waals surface area contributed by atoms with Crippen molar-refractivity contribution in [2.24, 2.45) is 0 Å². The lowest BCUT2D eigenvalue weighted by atomic mass is 10.2. The molecular formula is C14H20N4O3S. The summed E-state index contributed by atoms with van der Waals surface area (Å²) in [6.45, 7) is 5.86. The number of carbonyl (C=O) groups is 2. The molecule has 120 valence electrons. The maximum Gasteiger partial charge on any atom is 0.242 e. The van der Waals surface area contributed by atoms with Gasteiger partial charge in [0.05, 0.1) is 23.9 Å². The number of aryl methyl sites for hydroxylation is 1. The van der Waals surface area contributed by atoms with E-state index in [9.17, 15) is 9.59 Å². The standard InChI is InChI=1S/C14H20N4O3S/c1-11-6-12(21-15-11)7-16-2-4-17(5-3-16)13(19)8-18-10-22-9-14(18)20/h6H,2-5,7-10H2,1H3. The highest BCUT2D eigenvalue weighted by Gasteiger charge is 2.27. The fourth-order valence-electron chi connectivity index (χ4n) is 2.67. The van der Waals surface area contributed by atoms with E-state index in [4.69, 9.17) is 4.52 Å². The predicted molar refractivity (Wildman–Crippen MR) is 82.1 cm³/mol. The number of hydrogen-bond acceptors (Lipinski definition) is 6. The molecule has 2 aliphatic rings. The Kier molecular flexibility index (Phi) is 4.68. The van der Waals surface area contributed by atoms with Gasteiger partial charge in [0.1, 0.15) is 6.54 Å². The fraction of sp³-hybridized carbons (Fsp3) is 0.643. The molecule has 22 heavy (non-hydrogen) atoms. The summed E-state index contributed by atoms with van der Waals surface area (Å²) in [7, 11) is 0. The molecule has 8 heteroatoms. The van der Waals surface area contributed by atoms with Gasteiger partial charge in [-0.3, -0.25) is 14.5 Å². The first-order valence-electron chi connectivity index (χ1n) is 7.39. The Balaban J connectivity index is 1.44. The number of hydrogen-bond donors (Lipinski definition) is 0. The minimum atomic E-state index is 0.0472. The summed E-state index contributed by atoms with van der Waals surface area (Å²) in [6.07, 6.45) is 0. The minimum Gasteiger partial charge on any atom is -0.360 e. The van der Waals surface area contributed by atoms with Crippen molar-refractivity contribution in [1.29, 1.82) is 0 Å². The average Bonchev–Trinajstić information content (AvgIpc) is 3.09. The number of aromatic nitrogens is 1. The highest BCUT2D eigenvalue weighted by atomic mass is 32.2. The molecule has 0 saturated carbocycles. The number of thioether (sulfide) groups is 1. The molecule has 1 aromatic heterocycles. The maximum absolute atomic E-state index is 12.2. The van der Waals surface area contributed by atoms with Crippen LogP contribution in [0.3, 0.4) is 0 Å². The smallest absolute Gasteiger partial charge is 0.242 e. The lowest BCUT2D eigenvalue weighted by Gasteiger charge is -2.34. The fourth-order valence-corrected chi connectivity index (χ4v) is 3.57. The van der Waals surface area contributed by atoms with Crippen LogP contribution in [0.15, 0.2) is 10.6 Å². The van der Waals surface area contributed by atoms with Crippen molar-refractivity contribution in [2.75, 3.05) is 44.4 Å². The first-order valence-corrected chi connectivity index (χ1v) is 8.55. The monoisotopic (exact) mass is 324 g/mol. The van der Waals surface area contributed by atoms with Crippen LogP contribution in [-0.4, -0.2) is 76.0 Å². The molecule has 3 rings (SSSR count). The predicted octanol–water partition coefficient (Wildman–Crippen LogP) is 0.160. The Morgan fingerprint density at radius 3 is 2.73 bits per heavy atom. The van der Waals surface area contributed by atoms with Crippen molar-refractivity contribution in [1.82, 2.24) is 19.9 Å². The molecule has 2 aliphatic heterocycles. The third-order valence-electron chi connectivity index (χ3n) is 3.93. The van der Waals surface area contributed by atoms with Gasteiger partial charge in [-0.15, -0.1) is 11.8 Å². The summed E-state index contributed by atoms with van der Waals surface area (Å²) in [5.74, 6) is 2.10. The SMILES string of the molecule is Cc1cc(CN2CCN(C(=O)CN3CSCC3=O)CC2)on1. The van der Waals surface area contributed by atoms with Crippen LogP contribution in [0.5, 0.6) is 0 Å². The molecule has 7 nitrogen and oxygen atoms in total. The van der Waals surface area contributed by atoms with Gasteiger partial charge in [-0.25, -0.2) is 0 Å². The van der Waals surface area contributed by atoms with Gasteiger partial charge in [-0.1, -0.05) is 5.16 Å². The second-order valence-electron chi connectivity index (χ2n) is 5.66. The lowest BCUT2D eigenvalue weighted by Crippen LogP contribution is -2.51. The van der Waals surface area contributed by atoms with E-state index < -0.39 is 0 Å². The highest BCUT2D eigenvalue weighted by Crippen LogP contribution is 2.15. The first-order chi connectivity index (χ1) is 10.6. The zero-order chi connectivity index (χ0) is 15.5. The van der Waals surface area contributed by atoms with Crippen molar-refractivity contribution in [3.8, 4) is 0 Å². The van der Waals surface area contributed by atoms with Gasteiger partial charge in [-0.2, -0.15) is 0 Å². The number of amides is 2. The van der Waals surface area contributed by atoms with Crippen LogP contribution in [0.4, 0.5) is 0 Å². The van der Waals surface area contributed by atoms with E-state index in [1.807, 2.05) is 17.9 Å². The molecule has 0 N–H and O–H groups in total. The minimum absolute atomic E-state index is 0.0472. The summed E-state index contributed by atoms with van der Waals surface area (Å²) < 4.78 is 5.22. The number of rotatable bonds is 4. The van der Waals surface area contributed by atoms with Crippen molar-refractivity contribution in [3.05, 3.63) is 17.5 Å². The zero-order valence-electron chi connectivity index (χ0n) is 12.7. The van der Waals surface area contributed by atoms with Gasteiger partial charge in [0.15, 0.2) is 5.76 Å². The van der Waals surface area contributed by atoms with Gasteiger partial charge in [0.25, 0.3) is 0 Å². The van der Waals surface area contributed by atoms with Gasteiger partial charge < -0.3 is 14.3 Å². The molecule has 0 atom stereocenters. The van der Waals surface area contributed by atoms with Crippen LogP contribution in [0.2, 0.25) is 0 Å². The molecule has 0 spiro atoms. The Labute approximate surface area is 133 Å². The Morgan fingerprint density at radius 2 is 2.14 bits per heavy atom. The van der Waals surface area contributed by atoms with Crippen molar-refractivity contribution in [2.45, 2.75) is 13.5 Å². The second-order valence-corrected chi connectivity index (χ2v) is 6.62. The molecular weight excluding hydrogens is 304 g/mol. The molecule has 2 saturated heterocycles. The average molecular weight is 324 g/mol. The van der Waals surface area contributed by atoms with Gasteiger partial charge >= 0.3 is 0 Å². The molecule has 0 aliphatic carbocycles. The normalized spacial score (nSPS) is 20.0. The summed E-state index contributed by atoms with van der Waals surface area (Å²) in [5, 5.41) is 3.88.